The van der Waals surface area contributed by atoms with Gasteiger partial charge in [-0.25, -0.2) is 8.42 Å². The Kier molecular flexibility index (Phi) is 6.29. The third kappa shape index (κ3) is 4.01. The number of rotatable bonds is 6. The first-order valence-electron chi connectivity index (χ1n) is 7.12. The van der Waals surface area contributed by atoms with Crippen LogP contribution in [-0.2, 0) is 14.8 Å². The highest BCUT2D eigenvalue weighted by Gasteiger charge is 2.31. The van der Waals surface area contributed by atoms with Crippen LogP contribution in [0.1, 0.15) is 5.56 Å². The van der Waals surface area contributed by atoms with Crippen LogP contribution in [0.3, 0.4) is 0 Å². The van der Waals surface area contributed by atoms with Crippen molar-refractivity contribution < 1.29 is 23.1 Å². The molecule has 0 bridgehead atoms. The molecule has 0 radical (unpaired) electrons. The van der Waals surface area contributed by atoms with E-state index in [-0.39, 0.29) is 26.4 Å². The van der Waals surface area contributed by atoms with Gasteiger partial charge in [-0.3, -0.25) is 9.10 Å². The first-order chi connectivity index (χ1) is 12.1. The van der Waals surface area contributed by atoms with Gasteiger partial charge in [0.15, 0.2) is 0 Å². The molecule has 0 aliphatic rings. The third-order valence-corrected chi connectivity index (χ3v) is 6.72. The SMILES string of the molecule is COc1ccc(S(=O)(=O)N(CC(=O)O)c2ccc(C)c(Cl)c2)c(Cl)c1Cl. The van der Waals surface area contributed by atoms with Crippen molar-refractivity contribution >= 4 is 56.5 Å². The number of carbonyl (C=O) groups is 1. The number of methoxy groups -OCH3 is 1. The lowest BCUT2D eigenvalue weighted by atomic mass is 10.2. The summed E-state index contributed by atoms with van der Waals surface area (Å²) in [5, 5.41) is 9.11. The van der Waals surface area contributed by atoms with Crippen molar-refractivity contribution in [2.24, 2.45) is 0 Å². The molecule has 6 nitrogen and oxygen atoms in total. The Balaban J connectivity index is 2.65. The average molecular weight is 439 g/mol. The largest absolute Gasteiger partial charge is 0.495 e. The molecule has 0 spiro atoms. The number of benzene rings is 2. The number of ether oxygens (including phenoxy) is 1. The zero-order chi connectivity index (χ0) is 19.6. The van der Waals surface area contributed by atoms with Crippen LogP contribution in [0.15, 0.2) is 35.2 Å². The van der Waals surface area contributed by atoms with Crippen LogP contribution in [0.25, 0.3) is 0 Å². The lowest BCUT2D eigenvalue weighted by Crippen LogP contribution is -2.36. The van der Waals surface area contributed by atoms with Crippen molar-refractivity contribution in [3.05, 3.63) is 51.0 Å². The van der Waals surface area contributed by atoms with Crippen LogP contribution in [0.2, 0.25) is 15.1 Å². The van der Waals surface area contributed by atoms with Crippen molar-refractivity contribution in [1.29, 1.82) is 0 Å². The minimum absolute atomic E-state index is 0.0889. The fourth-order valence-corrected chi connectivity index (χ4v) is 4.56. The fraction of sp³-hybridized carbons (Fsp3) is 0.188. The molecule has 0 aliphatic carbocycles. The Morgan fingerprint density at radius 3 is 2.35 bits per heavy atom. The van der Waals surface area contributed by atoms with Gasteiger partial charge in [-0.2, -0.15) is 0 Å². The number of halogens is 3. The molecule has 1 N–H and O–H groups in total. The van der Waals surface area contributed by atoms with Crippen molar-refractivity contribution in [3.63, 3.8) is 0 Å². The Labute approximate surface area is 165 Å². The van der Waals surface area contributed by atoms with Crippen LogP contribution < -0.4 is 9.04 Å². The van der Waals surface area contributed by atoms with Crippen LogP contribution in [0, 0.1) is 6.92 Å². The normalized spacial score (nSPS) is 11.3. The highest BCUT2D eigenvalue weighted by molar-refractivity contribution is 7.93. The van der Waals surface area contributed by atoms with Crippen molar-refractivity contribution in [2.75, 3.05) is 18.0 Å². The summed E-state index contributed by atoms with van der Waals surface area (Å²) >= 11 is 18.2. The second-order valence-electron chi connectivity index (χ2n) is 5.23. The number of carboxylic acid groups (broad SMARTS) is 1. The van der Waals surface area contributed by atoms with Gasteiger partial charge in [0.05, 0.1) is 17.8 Å². The monoisotopic (exact) mass is 437 g/mol. The highest BCUT2D eigenvalue weighted by atomic mass is 35.5. The summed E-state index contributed by atoms with van der Waals surface area (Å²) in [5.41, 5.74) is 0.805. The summed E-state index contributed by atoms with van der Waals surface area (Å²) in [7, 11) is -2.98. The predicted octanol–water partition coefficient (Wildman–Crippen LogP) is 4.24. The summed E-state index contributed by atoms with van der Waals surface area (Å²) in [5.74, 6) is -1.15. The Bertz CT molecular complexity index is 963. The topological polar surface area (TPSA) is 83.9 Å². The lowest BCUT2D eigenvalue weighted by Gasteiger charge is -2.24. The summed E-state index contributed by atoms with van der Waals surface area (Å²) in [4.78, 5) is 10.9. The van der Waals surface area contributed by atoms with Crippen molar-refractivity contribution in [2.45, 2.75) is 11.8 Å². The van der Waals surface area contributed by atoms with Crippen molar-refractivity contribution in [1.82, 2.24) is 0 Å². The molecule has 0 saturated heterocycles. The number of hydrogen-bond donors (Lipinski definition) is 1. The predicted molar refractivity (Wildman–Crippen MR) is 101 cm³/mol. The number of hydrogen-bond acceptors (Lipinski definition) is 4. The lowest BCUT2D eigenvalue weighted by molar-refractivity contribution is -0.135. The summed E-state index contributed by atoms with van der Waals surface area (Å²) in [6.45, 7) is 0.921. The minimum atomic E-state index is -4.34. The number of carboxylic acids is 1. The van der Waals surface area contributed by atoms with E-state index in [2.05, 4.69) is 0 Å². The van der Waals surface area contributed by atoms with Gasteiger partial charge in [-0.05, 0) is 36.8 Å². The molecular formula is C16H14Cl3NO5S. The number of aryl methyl sites for hydroxylation is 1. The van der Waals surface area contributed by atoms with E-state index in [0.29, 0.717) is 14.9 Å². The molecular weight excluding hydrogens is 425 g/mol. The van der Waals surface area contributed by atoms with Gasteiger partial charge in [0.25, 0.3) is 10.0 Å². The maximum atomic E-state index is 13.1. The highest BCUT2D eigenvalue weighted by Crippen LogP contribution is 2.38. The van der Waals surface area contributed by atoms with E-state index in [0.717, 1.165) is 0 Å². The molecule has 2 aromatic carbocycles. The van der Waals surface area contributed by atoms with Crippen molar-refractivity contribution in [3.8, 4) is 5.75 Å². The average Bonchev–Trinajstić information content (AvgIpc) is 2.57. The first kappa shape index (κ1) is 20.6. The quantitative estimate of drug-likeness (QED) is 0.729. The van der Waals surface area contributed by atoms with Crippen LogP contribution in [0.4, 0.5) is 5.69 Å². The first-order valence-corrected chi connectivity index (χ1v) is 9.69. The second-order valence-corrected chi connectivity index (χ2v) is 8.23. The van der Waals surface area contributed by atoms with Crippen LogP contribution in [-0.4, -0.2) is 33.1 Å². The van der Waals surface area contributed by atoms with E-state index in [1.807, 2.05) is 0 Å². The van der Waals surface area contributed by atoms with E-state index in [4.69, 9.17) is 44.6 Å². The molecule has 2 aromatic rings. The molecule has 0 saturated carbocycles. The number of aliphatic carboxylic acids is 1. The maximum absolute atomic E-state index is 13.1. The van der Waals surface area contributed by atoms with Gasteiger partial charge < -0.3 is 9.84 Å². The molecule has 10 heteroatoms. The van der Waals surface area contributed by atoms with E-state index in [1.54, 1.807) is 13.0 Å². The Morgan fingerprint density at radius 2 is 1.81 bits per heavy atom. The number of anilines is 1. The van der Waals surface area contributed by atoms with Gasteiger partial charge in [0, 0.05) is 5.02 Å². The van der Waals surface area contributed by atoms with Gasteiger partial charge in [0.2, 0.25) is 0 Å². The molecule has 0 unspecified atom stereocenters. The molecule has 0 fully saturated rings. The van der Waals surface area contributed by atoms with Gasteiger partial charge in [0.1, 0.15) is 22.2 Å². The molecule has 26 heavy (non-hydrogen) atoms. The molecule has 140 valence electrons. The van der Waals surface area contributed by atoms with E-state index >= 15 is 0 Å². The standard InChI is InChI=1S/C16H14Cl3NO5S/c1-9-3-4-10(7-11(9)17)20(8-14(21)22)26(23,24)13-6-5-12(25-2)15(18)16(13)19/h3-7H,8H2,1-2H3,(H,21,22). The zero-order valence-corrected chi connectivity index (χ0v) is 16.7. The molecule has 2 rings (SSSR count). The van der Waals surface area contributed by atoms with Gasteiger partial charge in [-0.1, -0.05) is 40.9 Å². The maximum Gasteiger partial charge on any atom is 0.324 e. The van der Waals surface area contributed by atoms with E-state index < -0.39 is 22.5 Å². The van der Waals surface area contributed by atoms with Crippen LogP contribution in [0.5, 0.6) is 5.75 Å². The number of sulfonamides is 1. The smallest absolute Gasteiger partial charge is 0.324 e. The van der Waals surface area contributed by atoms with Crippen LogP contribution >= 0.6 is 34.8 Å². The molecule has 0 amide bonds. The summed E-state index contributed by atoms with van der Waals surface area (Å²) in [6.07, 6.45) is 0. The summed E-state index contributed by atoms with van der Waals surface area (Å²) < 4.78 is 31.8. The van der Waals surface area contributed by atoms with E-state index in [9.17, 15) is 13.2 Å². The van der Waals surface area contributed by atoms with E-state index in [1.165, 1.54) is 31.4 Å². The Morgan fingerprint density at radius 1 is 1.15 bits per heavy atom. The van der Waals surface area contributed by atoms with Gasteiger partial charge >= 0.3 is 5.97 Å². The van der Waals surface area contributed by atoms with Gasteiger partial charge in [-0.15, -0.1) is 0 Å². The molecule has 0 heterocycles. The number of nitrogens with zero attached hydrogens (tertiary/aromatic N) is 1. The fourth-order valence-electron chi connectivity index (χ4n) is 2.16. The molecule has 0 atom stereocenters. The summed E-state index contributed by atoms with van der Waals surface area (Å²) in [6, 6.07) is 6.96. The minimum Gasteiger partial charge on any atom is -0.495 e. The Hall–Kier alpha value is -1.67. The second kappa shape index (κ2) is 7.92. The molecule has 0 aliphatic heterocycles. The zero-order valence-electron chi connectivity index (χ0n) is 13.7. The third-order valence-electron chi connectivity index (χ3n) is 3.52. The molecule has 0 aromatic heterocycles.